The van der Waals surface area contributed by atoms with Crippen LogP contribution in [0, 0.1) is 0 Å². The number of carbonyl (C=O) groups is 1. The minimum atomic E-state index is -0.464. The van der Waals surface area contributed by atoms with E-state index in [9.17, 15) is 4.79 Å². The van der Waals surface area contributed by atoms with Crippen molar-refractivity contribution in [3.63, 3.8) is 0 Å². The minimum absolute atomic E-state index is 0.0476. The molecule has 1 aliphatic rings. The molecule has 0 N–H and O–H groups in total. The Balaban J connectivity index is 2.24. The molecule has 1 aromatic heterocycles. The summed E-state index contributed by atoms with van der Waals surface area (Å²) in [4.78, 5) is 18.5. The molecule has 1 atom stereocenters. The highest BCUT2D eigenvalue weighted by Gasteiger charge is 2.35. The average molecular weight is 293 g/mol. The number of carbonyl (C=O) groups excluding carboxylic acids is 1. The Morgan fingerprint density at radius 3 is 2.52 bits per heavy atom. The zero-order valence-electron chi connectivity index (χ0n) is 14.0. The van der Waals surface area contributed by atoms with Gasteiger partial charge in [0.2, 0.25) is 0 Å². The Morgan fingerprint density at radius 2 is 1.95 bits per heavy atom. The second-order valence-electron chi connectivity index (χ2n) is 7.69. The van der Waals surface area contributed by atoms with E-state index in [2.05, 4.69) is 30.3 Å². The molecule has 0 bridgehead atoms. The van der Waals surface area contributed by atoms with Gasteiger partial charge in [-0.3, -0.25) is 4.90 Å². The van der Waals surface area contributed by atoms with E-state index in [4.69, 9.17) is 4.74 Å². The summed E-state index contributed by atoms with van der Waals surface area (Å²) in [7, 11) is 0. The Morgan fingerprint density at radius 1 is 1.29 bits per heavy atom. The molecule has 2 heterocycles. The maximum absolute atomic E-state index is 12.4. The molecule has 21 heavy (non-hydrogen) atoms. The van der Waals surface area contributed by atoms with Crippen molar-refractivity contribution in [2.75, 3.05) is 6.54 Å². The van der Waals surface area contributed by atoms with E-state index >= 15 is 0 Å². The van der Waals surface area contributed by atoms with Crippen LogP contribution < -0.4 is 0 Å². The van der Waals surface area contributed by atoms with E-state index in [-0.39, 0.29) is 17.7 Å². The predicted molar refractivity (Wildman–Crippen MR) is 82.1 cm³/mol. The quantitative estimate of drug-likeness (QED) is 0.793. The first kappa shape index (κ1) is 15.9. The van der Waals surface area contributed by atoms with Gasteiger partial charge in [-0.2, -0.15) is 0 Å². The molecule has 0 spiro atoms. The summed E-state index contributed by atoms with van der Waals surface area (Å²) in [6, 6.07) is 0.0570. The number of amides is 1. The number of aromatic nitrogens is 2. The summed E-state index contributed by atoms with van der Waals surface area (Å²) >= 11 is 0. The van der Waals surface area contributed by atoms with E-state index in [0.717, 1.165) is 25.1 Å². The third-order valence-corrected chi connectivity index (χ3v) is 3.61. The van der Waals surface area contributed by atoms with Gasteiger partial charge in [-0.1, -0.05) is 0 Å². The normalized spacial score (nSPS) is 19.9. The summed E-state index contributed by atoms with van der Waals surface area (Å²) in [6.45, 7) is 12.9. The van der Waals surface area contributed by atoms with Gasteiger partial charge in [0.25, 0.3) is 0 Å². The first-order chi connectivity index (χ1) is 9.59. The van der Waals surface area contributed by atoms with Crippen molar-refractivity contribution in [3.05, 3.63) is 18.2 Å². The van der Waals surface area contributed by atoms with E-state index in [0.29, 0.717) is 0 Å². The Labute approximate surface area is 127 Å². The van der Waals surface area contributed by atoms with Crippen LogP contribution in [0.2, 0.25) is 0 Å². The van der Waals surface area contributed by atoms with Crippen LogP contribution in [0.1, 0.15) is 66.1 Å². The molecular weight excluding hydrogens is 266 g/mol. The van der Waals surface area contributed by atoms with Crippen LogP contribution in [0.4, 0.5) is 4.79 Å². The monoisotopic (exact) mass is 293 g/mol. The molecule has 1 fully saturated rings. The zero-order valence-corrected chi connectivity index (χ0v) is 14.0. The first-order valence-electron chi connectivity index (χ1n) is 7.62. The number of nitrogens with zero attached hydrogens (tertiary/aromatic N) is 3. The van der Waals surface area contributed by atoms with Crippen LogP contribution in [-0.2, 0) is 10.3 Å². The molecule has 5 nitrogen and oxygen atoms in total. The standard InChI is InChI=1S/C16H27N3O2/c1-15(2,3)19-11-17-10-13(19)12-8-7-9-18(12)14(20)21-16(4,5)6/h10-12H,7-9H2,1-6H3. The molecule has 118 valence electrons. The van der Waals surface area contributed by atoms with E-state index in [1.54, 1.807) is 0 Å². The number of likely N-dealkylation sites (tertiary alicyclic amines) is 1. The molecule has 0 aliphatic carbocycles. The highest BCUT2D eigenvalue weighted by molar-refractivity contribution is 5.69. The summed E-state index contributed by atoms with van der Waals surface area (Å²) in [5.74, 6) is 0. The molecule has 1 saturated heterocycles. The Kier molecular flexibility index (Phi) is 4.04. The van der Waals surface area contributed by atoms with Gasteiger partial charge in [0.15, 0.2) is 0 Å². The first-order valence-corrected chi connectivity index (χ1v) is 7.62. The lowest BCUT2D eigenvalue weighted by atomic mass is 10.1. The molecule has 2 rings (SSSR count). The van der Waals surface area contributed by atoms with Crippen LogP contribution in [-0.4, -0.2) is 32.7 Å². The summed E-state index contributed by atoms with van der Waals surface area (Å²) < 4.78 is 7.69. The SMILES string of the molecule is CC(C)(C)OC(=O)N1CCCC1c1cncn1C(C)(C)C. The summed E-state index contributed by atoms with van der Waals surface area (Å²) in [6.07, 6.45) is 5.45. The molecule has 1 aromatic rings. The van der Waals surface area contributed by atoms with Crippen LogP contribution in [0.3, 0.4) is 0 Å². The van der Waals surface area contributed by atoms with Gasteiger partial charge < -0.3 is 9.30 Å². The molecular formula is C16H27N3O2. The topological polar surface area (TPSA) is 47.4 Å². The van der Waals surface area contributed by atoms with Crippen molar-refractivity contribution >= 4 is 6.09 Å². The number of hydrogen-bond donors (Lipinski definition) is 0. The maximum Gasteiger partial charge on any atom is 0.410 e. The lowest BCUT2D eigenvalue weighted by molar-refractivity contribution is 0.0216. The molecule has 1 amide bonds. The Hall–Kier alpha value is -1.52. The lowest BCUT2D eigenvalue weighted by Crippen LogP contribution is -2.37. The molecule has 0 aromatic carbocycles. The Bertz CT molecular complexity index is 508. The summed E-state index contributed by atoms with van der Waals surface area (Å²) in [5.41, 5.74) is 0.577. The fourth-order valence-corrected chi connectivity index (χ4v) is 2.73. The van der Waals surface area contributed by atoms with Gasteiger partial charge in [-0.05, 0) is 54.4 Å². The van der Waals surface area contributed by atoms with Gasteiger partial charge in [-0.15, -0.1) is 0 Å². The van der Waals surface area contributed by atoms with E-state index in [1.165, 1.54) is 0 Å². The third-order valence-electron chi connectivity index (χ3n) is 3.61. The zero-order chi connectivity index (χ0) is 15.8. The van der Waals surface area contributed by atoms with Crippen molar-refractivity contribution < 1.29 is 9.53 Å². The third kappa shape index (κ3) is 3.57. The van der Waals surface area contributed by atoms with Gasteiger partial charge in [0.1, 0.15) is 5.60 Å². The number of rotatable bonds is 1. The fraction of sp³-hybridized carbons (Fsp3) is 0.750. The number of hydrogen-bond acceptors (Lipinski definition) is 3. The maximum atomic E-state index is 12.4. The van der Waals surface area contributed by atoms with Crippen molar-refractivity contribution in [2.24, 2.45) is 0 Å². The predicted octanol–water partition coefficient (Wildman–Crippen LogP) is 3.71. The largest absolute Gasteiger partial charge is 0.444 e. The van der Waals surface area contributed by atoms with Crippen LogP contribution in [0.15, 0.2) is 12.5 Å². The van der Waals surface area contributed by atoms with Gasteiger partial charge in [-0.25, -0.2) is 9.78 Å². The van der Waals surface area contributed by atoms with E-state index in [1.807, 2.05) is 38.2 Å². The van der Waals surface area contributed by atoms with Gasteiger partial charge in [0.05, 0.1) is 24.3 Å². The molecule has 0 saturated carbocycles. The molecule has 1 unspecified atom stereocenters. The van der Waals surface area contributed by atoms with Crippen molar-refractivity contribution in [1.29, 1.82) is 0 Å². The fourth-order valence-electron chi connectivity index (χ4n) is 2.73. The lowest BCUT2D eigenvalue weighted by Gasteiger charge is -2.31. The van der Waals surface area contributed by atoms with Crippen molar-refractivity contribution in [1.82, 2.24) is 14.5 Å². The second-order valence-corrected chi connectivity index (χ2v) is 7.69. The molecule has 1 aliphatic heterocycles. The second kappa shape index (κ2) is 5.35. The molecule has 0 radical (unpaired) electrons. The van der Waals surface area contributed by atoms with Gasteiger partial charge in [0, 0.05) is 12.1 Å². The summed E-state index contributed by atoms with van der Waals surface area (Å²) in [5, 5.41) is 0. The van der Waals surface area contributed by atoms with Gasteiger partial charge >= 0.3 is 6.09 Å². The molecule has 5 heteroatoms. The minimum Gasteiger partial charge on any atom is -0.444 e. The highest BCUT2D eigenvalue weighted by Crippen LogP contribution is 2.34. The highest BCUT2D eigenvalue weighted by atomic mass is 16.6. The average Bonchev–Trinajstić information content (AvgIpc) is 2.94. The van der Waals surface area contributed by atoms with Crippen LogP contribution >= 0.6 is 0 Å². The number of ether oxygens (including phenoxy) is 1. The van der Waals surface area contributed by atoms with E-state index < -0.39 is 5.60 Å². The van der Waals surface area contributed by atoms with Crippen LogP contribution in [0.25, 0.3) is 0 Å². The van der Waals surface area contributed by atoms with Crippen LogP contribution in [0.5, 0.6) is 0 Å². The van der Waals surface area contributed by atoms with Crippen molar-refractivity contribution in [3.8, 4) is 0 Å². The number of imidazole rings is 1. The van der Waals surface area contributed by atoms with Crippen molar-refractivity contribution in [2.45, 2.75) is 71.6 Å². The smallest absolute Gasteiger partial charge is 0.410 e.